The second kappa shape index (κ2) is 5.88. The predicted molar refractivity (Wildman–Crippen MR) is 87.1 cm³/mol. The van der Waals surface area contributed by atoms with E-state index in [1.54, 1.807) is 4.68 Å². The van der Waals surface area contributed by atoms with E-state index in [-0.39, 0.29) is 0 Å². The number of aromatic nitrogens is 5. The quantitative estimate of drug-likeness (QED) is 0.832. The van der Waals surface area contributed by atoms with Crippen LogP contribution in [-0.2, 0) is 26.4 Å². The average Bonchev–Trinajstić information content (AvgIpc) is 2.90. The number of likely N-dealkylation sites (N-methyl/N-ethyl adjacent to an activating group) is 1. The lowest BCUT2D eigenvalue weighted by Gasteiger charge is -2.44. The van der Waals surface area contributed by atoms with Crippen molar-refractivity contribution < 1.29 is 0 Å². The van der Waals surface area contributed by atoms with Gasteiger partial charge in [-0.05, 0) is 44.4 Å². The van der Waals surface area contributed by atoms with Crippen LogP contribution < -0.4 is 4.90 Å². The van der Waals surface area contributed by atoms with Crippen molar-refractivity contribution in [2.45, 2.75) is 38.3 Å². The van der Waals surface area contributed by atoms with Crippen LogP contribution in [0.15, 0.2) is 12.3 Å². The molecule has 1 aliphatic heterocycles. The molecule has 1 fully saturated rings. The summed E-state index contributed by atoms with van der Waals surface area (Å²) in [6, 6.07) is 2.79. The van der Waals surface area contributed by atoms with E-state index in [2.05, 4.69) is 43.4 Å². The zero-order chi connectivity index (χ0) is 15.8. The van der Waals surface area contributed by atoms with Crippen molar-refractivity contribution in [2.24, 2.45) is 7.05 Å². The molecule has 0 radical (unpaired) electrons. The van der Waals surface area contributed by atoms with Gasteiger partial charge in [0, 0.05) is 38.9 Å². The van der Waals surface area contributed by atoms with Crippen LogP contribution in [0.2, 0.25) is 0 Å². The number of hydrogen-bond acceptors (Lipinski definition) is 6. The van der Waals surface area contributed by atoms with Gasteiger partial charge in [-0.1, -0.05) is 5.21 Å². The number of hydrogen-bond donors (Lipinski definition) is 0. The molecule has 1 aliphatic carbocycles. The molecule has 7 heteroatoms. The van der Waals surface area contributed by atoms with Gasteiger partial charge in [0.25, 0.3) is 0 Å². The van der Waals surface area contributed by atoms with Crippen molar-refractivity contribution in [1.82, 2.24) is 30.1 Å². The predicted octanol–water partition coefficient (Wildman–Crippen LogP) is 0.804. The Morgan fingerprint density at radius 3 is 2.78 bits per heavy atom. The summed E-state index contributed by atoms with van der Waals surface area (Å²) < 4.78 is 1.75. The van der Waals surface area contributed by atoms with Gasteiger partial charge in [-0.15, -0.1) is 10.2 Å². The monoisotopic (exact) mass is 313 g/mol. The summed E-state index contributed by atoms with van der Waals surface area (Å²) >= 11 is 0. The molecule has 0 bridgehead atoms. The summed E-state index contributed by atoms with van der Waals surface area (Å²) in [5, 5.41) is 17.0. The first-order chi connectivity index (χ1) is 11.2. The van der Waals surface area contributed by atoms with Crippen LogP contribution in [-0.4, -0.2) is 56.3 Å². The van der Waals surface area contributed by atoms with Gasteiger partial charge in [-0.25, -0.2) is 0 Å². The lowest BCUT2D eigenvalue weighted by Crippen LogP contribution is -2.58. The van der Waals surface area contributed by atoms with E-state index in [9.17, 15) is 0 Å². The molecule has 2 aromatic heterocycles. The van der Waals surface area contributed by atoms with Crippen molar-refractivity contribution in [1.29, 1.82) is 0 Å². The maximum atomic E-state index is 4.44. The van der Waals surface area contributed by atoms with Gasteiger partial charge >= 0.3 is 0 Å². The molecule has 0 N–H and O–H groups in total. The Morgan fingerprint density at radius 2 is 2.00 bits per heavy atom. The molecule has 2 aromatic rings. The maximum Gasteiger partial charge on any atom is 0.151 e. The highest BCUT2D eigenvalue weighted by Gasteiger charge is 2.31. The Morgan fingerprint density at radius 1 is 1.17 bits per heavy atom. The fraction of sp³-hybridized carbons (Fsp3) is 0.625. The largest absolute Gasteiger partial charge is 0.352 e. The first-order valence-corrected chi connectivity index (χ1v) is 8.35. The summed E-state index contributed by atoms with van der Waals surface area (Å²) in [6.45, 7) is 2.84. The summed E-state index contributed by atoms with van der Waals surface area (Å²) in [5.74, 6) is 1.04. The average molecular weight is 313 g/mol. The van der Waals surface area contributed by atoms with E-state index in [1.807, 2.05) is 13.2 Å². The van der Waals surface area contributed by atoms with E-state index in [0.29, 0.717) is 6.04 Å². The molecule has 0 atom stereocenters. The molecule has 23 heavy (non-hydrogen) atoms. The highest BCUT2D eigenvalue weighted by molar-refractivity contribution is 5.45. The van der Waals surface area contributed by atoms with Crippen LogP contribution in [0.3, 0.4) is 0 Å². The minimum absolute atomic E-state index is 0.537. The standard InChI is InChI=1S/C16H23N7/c1-21(8-13-9-22(2)20-17-13)14-10-23(11-14)16-7-12-5-3-4-6-15(12)18-19-16/h7,9,14H,3-6,8,10-11H2,1-2H3. The van der Waals surface area contributed by atoms with Crippen molar-refractivity contribution in [3.8, 4) is 0 Å². The van der Waals surface area contributed by atoms with Gasteiger partial charge in [0.2, 0.25) is 0 Å². The lowest BCUT2D eigenvalue weighted by atomic mass is 9.96. The first kappa shape index (κ1) is 14.6. The summed E-state index contributed by atoms with van der Waals surface area (Å²) in [4.78, 5) is 4.66. The molecular formula is C16H23N7. The molecule has 7 nitrogen and oxygen atoms in total. The summed E-state index contributed by atoms with van der Waals surface area (Å²) in [5.41, 5.74) is 3.62. The van der Waals surface area contributed by atoms with Gasteiger partial charge in [-0.2, -0.15) is 5.10 Å². The van der Waals surface area contributed by atoms with Gasteiger partial charge in [0.15, 0.2) is 5.82 Å². The lowest BCUT2D eigenvalue weighted by molar-refractivity contribution is 0.194. The Balaban J connectivity index is 1.35. The van der Waals surface area contributed by atoms with Crippen LogP contribution >= 0.6 is 0 Å². The van der Waals surface area contributed by atoms with E-state index in [0.717, 1.165) is 44.0 Å². The fourth-order valence-electron chi connectivity index (χ4n) is 3.41. The molecule has 0 unspecified atom stereocenters. The molecule has 3 heterocycles. The zero-order valence-electron chi connectivity index (χ0n) is 13.8. The molecule has 0 amide bonds. The van der Waals surface area contributed by atoms with Crippen LogP contribution in [0.4, 0.5) is 5.82 Å². The third-order valence-electron chi connectivity index (χ3n) is 4.93. The van der Waals surface area contributed by atoms with Crippen LogP contribution in [0.1, 0.15) is 29.8 Å². The molecular weight excluding hydrogens is 290 g/mol. The molecule has 1 saturated heterocycles. The van der Waals surface area contributed by atoms with Crippen molar-refractivity contribution in [3.63, 3.8) is 0 Å². The molecule has 4 rings (SSSR count). The minimum Gasteiger partial charge on any atom is -0.352 e. The van der Waals surface area contributed by atoms with Crippen LogP contribution in [0.25, 0.3) is 0 Å². The highest BCUT2D eigenvalue weighted by Crippen LogP contribution is 2.26. The maximum absolute atomic E-state index is 4.44. The smallest absolute Gasteiger partial charge is 0.151 e. The second-order valence-electron chi connectivity index (χ2n) is 6.74. The first-order valence-electron chi connectivity index (χ1n) is 8.35. The van der Waals surface area contributed by atoms with E-state index in [1.165, 1.54) is 24.1 Å². The topological polar surface area (TPSA) is 63.0 Å². The molecule has 122 valence electrons. The number of nitrogens with zero attached hydrogens (tertiary/aromatic N) is 7. The van der Waals surface area contributed by atoms with Gasteiger partial charge in [-0.3, -0.25) is 9.58 Å². The van der Waals surface area contributed by atoms with Crippen LogP contribution in [0, 0.1) is 0 Å². The van der Waals surface area contributed by atoms with Gasteiger partial charge in [0.1, 0.15) is 0 Å². The normalized spacial score (nSPS) is 18.1. The molecule has 0 aromatic carbocycles. The fourth-order valence-corrected chi connectivity index (χ4v) is 3.41. The van der Waals surface area contributed by atoms with E-state index < -0.39 is 0 Å². The van der Waals surface area contributed by atoms with E-state index >= 15 is 0 Å². The summed E-state index contributed by atoms with van der Waals surface area (Å²) in [7, 11) is 4.05. The third kappa shape index (κ3) is 2.93. The Labute approximate surface area is 136 Å². The van der Waals surface area contributed by atoms with E-state index in [4.69, 9.17) is 0 Å². The Hall–Kier alpha value is -2.02. The molecule has 0 spiro atoms. The van der Waals surface area contributed by atoms with Gasteiger partial charge in [0.05, 0.1) is 11.4 Å². The van der Waals surface area contributed by atoms with Crippen LogP contribution in [0.5, 0.6) is 0 Å². The highest BCUT2D eigenvalue weighted by atomic mass is 15.4. The third-order valence-corrected chi connectivity index (χ3v) is 4.93. The van der Waals surface area contributed by atoms with Crippen molar-refractivity contribution in [3.05, 3.63) is 29.2 Å². The Kier molecular flexibility index (Phi) is 3.72. The number of rotatable bonds is 4. The zero-order valence-corrected chi connectivity index (χ0v) is 13.8. The number of aryl methyl sites for hydroxylation is 3. The van der Waals surface area contributed by atoms with Crippen molar-refractivity contribution >= 4 is 5.82 Å². The summed E-state index contributed by atoms with van der Waals surface area (Å²) in [6.07, 6.45) is 6.75. The minimum atomic E-state index is 0.537. The molecule has 2 aliphatic rings. The Bertz CT molecular complexity index is 689. The molecule has 0 saturated carbocycles. The SMILES string of the molecule is CN(Cc1cn(C)nn1)C1CN(c2cc3c(nn2)CCCC3)C1. The van der Waals surface area contributed by atoms with Crippen molar-refractivity contribution in [2.75, 3.05) is 25.0 Å². The number of fused-ring (bicyclic) bond motifs is 1. The number of anilines is 1. The van der Waals surface area contributed by atoms with Gasteiger partial charge < -0.3 is 4.90 Å². The second-order valence-corrected chi connectivity index (χ2v) is 6.74.